The summed E-state index contributed by atoms with van der Waals surface area (Å²) in [7, 11) is 0. The molecular formula is C12H14ClNO2. The molecule has 0 atom stereocenters. The van der Waals surface area contributed by atoms with Gasteiger partial charge >= 0.3 is 5.97 Å². The topological polar surface area (TPSA) is 49.3 Å². The van der Waals surface area contributed by atoms with Crippen molar-refractivity contribution in [3.05, 3.63) is 28.8 Å². The van der Waals surface area contributed by atoms with Crippen molar-refractivity contribution in [2.45, 2.75) is 19.3 Å². The maximum atomic E-state index is 11.0. The highest BCUT2D eigenvalue weighted by molar-refractivity contribution is 6.31. The normalized spacial score (nSPS) is 15.6. The molecule has 1 aliphatic carbocycles. The molecule has 0 spiro atoms. The number of carboxylic acids is 1. The molecule has 1 fully saturated rings. The minimum Gasteiger partial charge on any atom is -0.478 e. The molecule has 4 heteroatoms. The fourth-order valence-electron chi connectivity index (χ4n) is 1.80. The SMILES string of the molecule is O=C(O)c1cc(Cl)ccc1NCC1CCC1. The zero-order chi connectivity index (χ0) is 11.5. The molecule has 0 saturated heterocycles. The van der Waals surface area contributed by atoms with E-state index in [0.717, 1.165) is 6.54 Å². The Morgan fingerprint density at radius 1 is 1.50 bits per heavy atom. The second-order valence-corrected chi connectivity index (χ2v) is 4.61. The van der Waals surface area contributed by atoms with Crippen LogP contribution in [0.5, 0.6) is 0 Å². The summed E-state index contributed by atoms with van der Waals surface area (Å²) >= 11 is 5.77. The summed E-state index contributed by atoms with van der Waals surface area (Å²) in [6.07, 6.45) is 3.77. The quantitative estimate of drug-likeness (QED) is 0.848. The third kappa shape index (κ3) is 2.47. The molecule has 0 amide bonds. The highest BCUT2D eigenvalue weighted by atomic mass is 35.5. The van der Waals surface area contributed by atoms with Crippen molar-refractivity contribution in [1.29, 1.82) is 0 Å². The average molecular weight is 240 g/mol. The summed E-state index contributed by atoms with van der Waals surface area (Å²) in [5, 5.41) is 12.7. The predicted octanol–water partition coefficient (Wildman–Crippen LogP) is 3.25. The number of aromatic carboxylic acids is 1. The van der Waals surface area contributed by atoms with Gasteiger partial charge in [-0.2, -0.15) is 0 Å². The fraction of sp³-hybridized carbons (Fsp3) is 0.417. The minimum absolute atomic E-state index is 0.242. The summed E-state index contributed by atoms with van der Waals surface area (Å²) in [5.74, 6) is -0.254. The first kappa shape index (κ1) is 11.3. The van der Waals surface area contributed by atoms with E-state index in [9.17, 15) is 4.79 Å². The lowest BCUT2D eigenvalue weighted by atomic mass is 9.85. The Bertz CT molecular complexity index is 402. The number of nitrogens with one attached hydrogen (secondary N) is 1. The van der Waals surface area contributed by atoms with Crippen LogP contribution in [0.3, 0.4) is 0 Å². The predicted molar refractivity (Wildman–Crippen MR) is 64.2 cm³/mol. The van der Waals surface area contributed by atoms with Crippen molar-refractivity contribution in [2.75, 3.05) is 11.9 Å². The van der Waals surface area contributed by atoms with Crippen LogP contribution in [0.4, 0.5) is 5.69 Å². The van der Waals surface area contributed by atoms with Gasteiger partial charge < -0.3 is 10.4 Å². The Balaban J connectivity index is 2.08. The molecule has 16 heavy (non-hydrogen) atoms. The van der Waals surface area contributed by atoms with Crippen LogP contribution in [0, 0.1) is 5.92 Å². The first-order chi connectivity index (χ1) is 7.66. The molecule has 86 valence electrons. The van der Waals surface area contributed by atoms with Crippen LogP contribution < -0.4 is 5.32 Å². The number of hydrogen-bond acceptors (Lipinski definition) is 2. The van der Waals surface area contributed by atoms with Crippen molar-refractivity contribution in [3.8, 4) is 0 Å². The number of carbonyl (C=O) groups is 1. The Kier molecular flexibility index (Phi) is 3.34. The maximum absolute atomic E-state index is 11.0. The fourth-order valence-corrected chi connectivity index (χ4v) is 1.97. The van der Waals surface area contributed by atoms with Crippen molar-refractivity contribution in [2.24, 2.45) is 5.92 Å². The zero-order valence-electron chi connectivity index (χ0n) is 8.87. The van der Waals surface area contributed by atoms with Gasteiger partial charge in [0.05, 0.1) is 5.56 Å². The van der Waals surface area contributed by atoms with E-state index in [-0.39, 0.29) is 5.56 Å². The molecule has 3 nitrogen and oxygen atoms in total. The van der Waals surface area contributed by atoms with Crippen LogP contribution in [0.15, 0.2) is 18.2 Å². The molecule has 1 aromatic rings. The number of benzene rings is 1. The first-order valence-electron chi connectivity index (χ1n) is 5.43. The van der Waals surface area contributed by atoms with Gasteiger partial charge in [-0.25, -0.2) is 4.79 Å². The van der Waals surface area contributed by atoms with Crippen molar-refractivity contribution in [1.82, 2.24) is 0 Å². The molecule has 2 N–H and O–H groups in total. The lowest BCUT2D eigenvalue weighted by molar-refractivity contribution is 0.0698. The highest BCUT2D eigenvalue weighted by Gasteiger charge is 2.18. The molecule has 0 bridgehead atoms. The first-order valence-corrected chi connectivity index (χ1v) is 5.81. The van der Waals surface area contributed by atoms with Gasteiger partial charge in [0.2, 0.25) is 0 Å². The van der Waals surface area contributed by atoms with Gasteiger partial charge in [-0.1, -0.05) is 18.0 Å². The van der Waals surface area contributed by atoms with Gasteiger partial charge in [0.25, 0.3) is 0 Å². The second-order valence-electron chi connectivity index (χ2n) is 4.17. The lowest BCUT2D eigenvalue weighted by Gasteiger charge is -2.26. The Labute approximate surface area is 99.4 Å². The molecule has 1 aliphatic rings. The zero-order valence-corrected chi connectivity index (χ0v) is 9.63. The standard InChI is InChI=1S/C12H14ClNO2/c13-9-4-5-11(10(6-9)12(15)16)14-7-8-2-1-3-8/h4-6,8,14H,1-3,7H2,(H,15,16). The van der Waals surface area contributed by atoms with E-state index in [4.69, 9.17) is 16.7 Å². The molecular weight excluding hydrogens is 226 g/mol. The number of rotatable bonds is 4. The van der Waals surface area contributed by atoms with Crippen LogP contribution in [-0.2, 0) is 0 Å². The number of carboxylic acid groups (broad SMARTS) is 1. The molecule has 1 aromatic carbocycles. The van der Waals surface area contributed by atoms with E-state index in [1.807, 2.05) is 0 Å². The second kappa shape index (κ2) is 4.74. The summed E-state index contributed by atoms with van der Waals surface area (Å²) in [6.45, 7) is 0.849. The summed E-state index contributed by atoms with van der Waals surface area (Å²) in [4.78, 5) is 11.0. The van der Waals surface area contributed by atoms with Crippen molar-refractivity contribution < 1.29 is 9.90 Å². The lowest BCUT2D eigenvalue weighted by Crippen LogP contribution is -2.21. The van der Waals surface area contributed by atoms with E-state index in [1.165, 1.54) is 25.3 Å². The number of anilines is 1. The van der Waals surface area contributed by atoms with E-state index in [2.05, 4.69) is 5.32 Å². The monoisotopic (exact) mass is 239 g/mol. The van der Waals surface area contributed by atoms with Crippen LogP contribution in [0.2, 0.25) is 5.02 Å². The molecule has 0 aliphatic heterocycles. The van der Waals surface area contributed by atoms with Gasteiger partial charge in [-0.05, 0) is 37.0 Å². The highest BCUT2D eigenvalue weighted by Crippen LogP contribution is 2.27. The summed E-state index contributed by atoms with van der Waals surface area (Å²) in [6, 6.07) is 4.91. The Hall–Kier alpha value is -1.22. The maximum Gasteiger partial charge on any atom is 0.337 e. The third-order valence-corrected chi connectivity index (χ3v) is 3.25. The Morgan fingerprint density at radius 3 is 2.81 bits per heavy atom. The van der Waals surface area contributed by atoms with E-state index in [0.29, 0.717) is 16.6 Å². The molecule has 0 heterocycles. The number of halogens is 1. The molecule has 0 unspecified atom stereocenters. The van der Waals surface area contributed by atoms with E-state index < -0.39 is 5.97 Å². The van der Waals surface area contributed by atoms with Crippen LogP contribution >= 0.6 is 11.6 Å². The number of hydrogen-bond donors (Lipinski definition) is 2. The summed E-state index contributed by atoms with van der Waals surface area (Å²) < 4.78 is 0. The molecule has 0 aromatic heterocycles. The van der Waals surface area contributed by atoms with Crippen molar-refractivity contribution >= 4 is 23.3 Å². The third-order valence-electron chi connectivity index (χ3n) is 3.02. The van der Waals surface area contributed by atoms with Gasteiger partial charge in [0.15, 0.2) is 0 Å². The van der Waals surface area contributed by atoms with Gasteiger partial charge in [-0.3, -0.25) is 0 Å². The van der Waals surface area contributed by atoms with Gasteiger partial charge in [0.1, 0.15) is 0 Å². The van der Waals surface area contributed by atoms with Gasteiger partial charge in [0, 0.05) is 17.3 Å². The smallest absolute Gasteiger partial charge is 0.337 e. The van der Waals surface area contributed by atoms with Crippen LogP contribution in [0.1, 0.15) is 29.6 Å². The van der Waals surface area contributed by atoms with Gasteiger partial charge in [-0.15, -0.1) is 0 Å². The van der Waals surface area contributed by atoms with E-state index in [1.54, 1.807) is 12.1 Å². The minimum atomic E-state index is -0.946. The average Bonchev–Trinajstić information content (AvgIpc) is 2.17. The largest absolute Gasteiger partial charge is 0.478 e. The van der Waals surface area contributed by atoms with Crippen molar-refractivity contribution in [3.63, 3.8) is 0 Å². The summed E-state index contributed by atoms with van der Waals surface area (Å²) in [5.41, 5.74) is 0.899. The Morgan fingerprint density at radius 2 is 2.25 bits per heavy atom. The van der Waals surface area contributed by atoms with E-state index >= 15 is 0 Å². The van der Waals surface area contributed by atoms with Crippen LogP contribution in [-0.4, -0.2) is 17.6 Å². The molecule has 1 saturated carbocycles. The molecule has 0 radical (unpaired) electrons. The van der Waals surface area contributed by atoms with Crippen LogP contribution in [0.25, 0.3) is 0 Å². The molecule has 2 rings (SSSR count).